The molecule has 0 aliphatic rings. The minimum Gasteiger partial charge on any atom is -0.228 e. The van der Waals surface area contributed by atoms with Crippen LogP contribution in [-0.4, -0.2) is 16.2 Å². The zero-order valence-corrected chi connectivity index (χ0v) is 9.70. The van der Waals surface area contributed by atoms with E-state index < -0.39 is 0 Å². The van der Waals surface area contributed by atoms with Crippen molar-refractivity contribution in [1.82, 2.24) is 9.97 Å². The fraction of sp³-hybridized carbons (Fsp3) is 0.600. The lowest BCUT2D eigenvalue weighted by molar-refractivity contribution is 0.778. The van der Waals surface area contributed by atoms with Crippen LogP contribution in [0.1, 0.15) is 36.7 Å². The van der Waals surface area contributed by atoms with Gasteiger partial charge in [0.1, 0.15) is 0 Å². The van der Waals surface area contributed by atoms with Crippen molar-refractivity contribution in [3.63, 3.8) is 0 Å². The summed E-state index contributed by atoms with van der Waals surface area (Å²) in [6.45, 7) is 8.47. The zero-order chi connectivity index (χ0) is 10.0. The Bertz CT molecular complexity index is 285. The van der Waals surface area contributed by atoms with Crippen LogP contribution >= 0.6 is 11.8 Å². The molecule has 1 aromatic heterocycles. The van der Waals surface area contributed by atoms with Crippen LogP contribution < -0.4 is 0 Å². The third-order valence-electron chi connectivity index (χ3n) is 2.07. The van der Waals surface area contributed by atoms with Gasteiger partial charge in [0.15, 0.2) is 5.16 Å². The molecule has 0 radical (unpaired) electrons. The summed E-state index contributed by atoms with van der Waals surface area (Å²) in [6, 6.07) is 0. The van der Waals surface area contributed by atoms with Crippen molar-refractivity contribution < 1.29 is 0 Å². The van der Waals surface area contributed by atoms with Gasteiger partial charge < -0.3 is 0 Å². The molecule has 0 N–H and O–H groups in total. The normalized spacial score (nSPS) is 10.9. The van der Waals surface area contributed by atoms with E-state index in [9.17, 15) is 0 Å². The Labute approximate surface area is 84.2 Å². The maximum atomic E-state index is 4.43. The Morgan fingerprint density at radius 1 is 1.08 bits per heavy atom. The maximum Gasteiger partial charge on any atom is 0.187 e. The van der Waals surface area contributed by atoms with Crippen LogP contribution in [0.5, 0.6) is 0 Å². The smallest absolute Gasteiger partial charge is 0.187 e. The molecule has 0 spiro atoms. The molecule has 0 amide bonds. The van der Waals surface area contributed by atoms with Gasteiger partial charge in [0.2, 0.25) is 0 Å². The number of aromatic nitrogens is 2. The van der Waals surface area contributed by atoms with Gasteiger partial charge in [0.25, 0.3) is 0 Å². The van der Waals surface area contributed by atoms with Crippen molar-refractivity contribution >= 4 is 11.8 Å². The van der Waals surface area contributed by atoms with Gasteiger partial charge in [-0.3, -0.25) is 0 Å². The highest BCUT2D eigenvalue weighted by atomic mass is 32.2. The van der Waals surface area contributed by atoms with Gasteiger partial charge in [0.05, 0.1) is 0 Å². The second-order valence-electron chi connectivity index (χ2n) is 3.45. The Morgan fingerprint density at radius 2 is 1.54 bits per heavy atom. The summed E-state index contributed by atoms with van der Waals surface area (Å²) in [7, 11) is 0. The fourth-order valence-electron chi connectivity index (χ4n) is 1.62. The van der Waals surface area contributed by atoms with Crippen molar-refractivity contribution in [1.29, 1.82) is 0 Å². The molecule has 13 heavy (non-hydrogen) atoms. The highest BCUT2D eigenvalue weighted by Crippen LogP contribution is 2.22. The van der Waals surface area contributed by atoms with Crippen molar-refractivity contribution in [2.75, 3.05) is 6.26 Å². The summed E-state index contributed by atoms with van der Waals surface area (Å²) < 4.78 is 0. The van der Waals surface area contributed by atoms with Crippen molar-refractivity contribution in [3.05, 3.63) is 17.0 Å². The Morgan fingerprint density at radius 3 is 1.85 bits per heavy atom. The Kier molecular flexibility index (Phi) is 3.31. The maximum absolute atomic E-state index is 4.43. The van der Waals surface area contributed by atoms with Crippen LogP contribution in [0.2, 0.25) is 0 Å². The third-order valence-corrected chi connectivity index (χ3v) is 2.61. The molecule has 0 aliphatic heterocycles. The molecule has 0 saturated heterocycles. The molecule has 1 rings (SSSR count). The van der Waals surface area contributed by atoms with E-state index in [1.807, 2.05) is 6.26 Å². The molecule has 0 unspecified atom stereocenters. The molecule has 0 fully saturated rings. The van der Waals surface area contributed by atoms with E-state index in [0.29, 0.717) is 5.92 Å². The standard InChI is InChI=1S/C10H16N2S/c1-6(2)9-7(3)11-10(13-5)12-8(9)4/h6H,1-5H3. The van der Waals surface area contributed by atoms with Crippen LogP contribution in [0, 0.1) is 13.8 Å². The molecule has 1 aromatic rings. The van der Waals surface area contributed by atoms with Gasteiger partial charge in [0, 0.05) is 11.4 Å². The van der Waals surface area contributed by atoms with E-state index in [2.05, 4.69) is 37.7 Å². The van der Waals surface area contributed by atoms with Crippen LogP contribution in [0.3, 0.4) is 0 Å². The summed E-state index contributed by atoms with van der Waals surface area (Å²) in [5.41, 5.74) is 3.52. The minimum atomic E-state index is 0.510. The molecule has 2 nitrogen and oxygen atoms in total. The lowest BCUT2D eigenvalue weighted by Gasteiger charge is -2.12. The summed E-state index contributed by atoms with van der Waals surface area (Å²) in [6.07, 6.45) is 2.00. The second-order valence-corrected chi connectivity index (χ2v) is 4.22. The second kappa shape index (κ2) is 4.09. The Hall–Kier alpha value is -0.570. The fourth-order valence-corrected chi connectivity index (χ4v) is 2.08. The molecular weight excluding hydrogens is 180 g/mol. The third kappa shape index (κ3) is 2.21. The number of rotatable bonds is 2. The SMILES string of the molecule is CSc1nc(C)c(C(C)C)c(C)n1. The van der Waals surface area contributed by atoms with Crippen molar-refractivity contribution in [2.45, 2.75) is 38.8 Å². The van der Waals surface area contributed by atoms with Gasteiger partial charge >= 0.3 is 0 Å². The van der Waals surface area contributed by atoms with Crippen LogP contribution in [0.25, 0.3) is 0 Å². The summed E-state index contributed by atoms with van der Waals surface area (Å²) in [5.74, 6) is 0.510. The lowest BCUT2D eigenvalue weighted by Crippen LogP contribution is -2.03. The number of hydrogen-bond acceptors (Lipinski definition) is 3. The number of nitrogens with zero attached hydrogens (tertiary/aromatic N) is 2. The van der Waals surface area contributed by atoms with E-state index in [0.717, 1.165) is 16.5 Å². The molecule has 0 aromatic carbocycles. The predicted molar refractivity (Wildman–Crippen MR) is 57.4 cm³/mol. The first-order chi connectivity index (χ1) is 6.06. The van der Waals surface area contributed by atoms with E-state index >= 15 is 0 Å². The highest BCUT2D eigenvalue weighted by molar-refractivity contribution is 7.98. The predicted octanol–water partition coefficient (Wildman–Crippen LogP) is 2.94. The van der Waals surface area contributed by atoms with Gasteiger partial charge in [-0.05, 0) is 31.6 Å². The van der Waals surface area contributed by atoms with Crippen LogP contribution in [-0.2, 0) is 0 Å². The van der Waals surface area contributed by atoms with Gasteiger partial charge in [-0.25, -0.2) is 9.97 Å². The number of hydrogen-bond donors (Lipinski definition) is 0. The average molecular weight is 196 g/mol. The molecular formula is C10H16N2S. The number of aryl methyl sites for hydroxylation is 2. The van der Waals surface area contributed by atoms with Gasteiger partial charge in [-0.15, -0.1) is 0 Å². The molecule has 0 bridgehead atoms. The van der Waals surface area contributed by atoms with Crippen molar-refractivity contribution in [2.24, 2.45) is 0 Å². The molecule has 0 saturated carbocycles. The van der Waals surface area contributed by atoms with Crippen LogP contribution in [0.15, 0.2) is 5.16 Å². The molecule has 0 atom stereocenters. The molecule has 0 aliphatic carbocycles. The summed E-state index contributed by atoms with van der Waals surface area (Å²) in [5, 5.41) is 0.874. The largest absolute Gasteiger partial charge is 0.228 e. The van der Waals surface area contributed by atoms with E-state index in [1.165, 1.54) is 5.56 Å². The number of thioether (sulfide) groups is 1. The Balaban J connectivity index is 3.23. The topological polar surface area (TPSA) is 25.8 Å². The molecule has 1 heterocycles. The first-order valence-electron chi connectivity index (χ1n) is 4.45. The van der Waals surface area contributed by atoms with Gasteiger partial charge in [-0.2, -0.15) is 0 Å². The van der Waals surface area contributed by atoms with E-state index in [1.54, 1.807) is 11.8 Å². The quantitative estimate of drug-likeness (QED) is 0.537. The lowest BCUT2D eigenvalue weighted by atomic mass is 10.0. The van der Waals surface area contributed by atoms with E-state index in [-0.39, 0.29) is 0 Å². The summed E-state index contributed by atoms with van der Waals surface area (Å²) in [4.78, 5) is 8.85. The van der Waals surface area contributed by atoms with E-state index in [4.69, 9.17) is 0 Å². The molecule has 72 valence electrons. The minimum absolute atomic E-state index is 0.510. The average Bonchev–Trinajstić information content (AvgIpc) is 2.02. The van der Waals surface area contributed by atoms with Gasteiger partial charge in [-0.1, -0.05) is 25.6 Å². The van der Waals surface area contributed by atoms with Crippen LogP contribution in [0.4, 0.5) is 0 Å². The molecule has 3 heteroatoms. The zero-order valence-electron chi connectivity index (χ0n) is 8.88. The highest BCUT2D eigenvalue weighted by Gasteiger charge is 2.10. The first kappa shape index (κ1) is 10.5. The van der Waals surface area contributed by atoms with Crippen molar-refractivity contribution in [3.8, 4) is 0 Å². The summed E-state index contributed by atoms with van der Waals surface area (Å²) >= 11 is 1.60. The monoisotopic (exact) mass is 196 g/mol. The first-order valence-corrected chi connectivity index (χ1v) is 5.67.